The number of nitrogens with zero attached hydrogens (tertiary/aromatic N) is 1. The molecule has 0 radical (unpaired) electrons. The summed E-state index contributed by atoms with van der Waals surface area (Å²) in [7, 11) is 2.05. The van der Waals surface area contributed by atoms with E-state index in [1.165, 1.54) is 32.1 Å². The molecular weight excluding hydrogens is 272 g/mol. The van der Waals surface area contributed by atoms with Gasteiger partial charge in [-0.2, -0.15) is 0 Å². The molecule has 0 bridgehead atoms. The van der Waals surface area contributed by atoms with Crippen molar-refractivity contribution in [2.45, 2.75) is 51.0 Å². The highest BCUT2D eigenvalue weighted by atomic mass is 35.5. The molecule has 1 aliphatic rings. The van der Waals surface area contributed by atoms with Crippen LogP contribution in [0.1, 0.15) is 43.6 Å². The fourth-order valence-electron chi connectivity index (χ4n) is 3.31. The Balaban J connectivity index is 1.92. The van der Waals surface area contributed by atoms with E-state index in [0.717, 1.165) is 34.0 Å². The zero-order valence-corrected chi connectivity index (χ0v) is 12.9. The predicted molar refractivity (Wildman–Crippen MR) is 82.3 cm³/mol. The van der Waals surface area contributed by atoms with E-state index in [2.05, 4.69) is 17.3 Å². The van der Waals surface area contributed by atoms with Gasteiger partial charge >= 0.3 is 0 Å². The predicted octanol–water partition coefficient (Wildman–Crippen LogP) is 4.25. The third-order valence-corrected chi connectivity index (χ3v) is 4.73. The molecule has 0 spiro atoms. The second-order valence-corrected chi connectivity index (χ2v) is 6.38. The van der Waals surface area contributed by atoms with Crippen molar-refractivity contribution in [1.29, 1.82) is 0 Å². The molecule has 4 heteroatoms. The summed E-state index contributed by atoms with van der Waals surface area (Å²) >= 11 is 6.09. The van der Waals surface area contributed by atoms with Crippen LogP contribution < -0.4 is 5.32 Å². The topological polar surface area (TPSA) is 38.1 Å². The maximum Gasteiger partial charge on any atom is 0.197 e. The molecule has 1 aliphatic carbocycles. The van der Waals surface area contributed by atoms with Crippen LogP contribution in [0.5, 0.6) is 0 Å². The Morgan fingerprint density at radius 1 is 1.30 bits per heavy atom. The van der Waals surface area contributed by atoms with Gasteiger partial charge in [-0.15, -0.1) is 0 Å². The van der Waals surface area contributed by atoms with Gasteiger partial charge < -0.3 is 9.73 Å². The molecule has 1 N–H and O–H groups in total. The summed E-state index contributed by atoms with van der Waals surface area (Å²) in [4.78, 5) is 4.63. The minimum Gasteiger partial charge on any atom is -0.440 e. The first-order valence-corrected chi connectivity index (χ1v) is 7.74. The van der Waals surface area contributed by atoms with Gasteiger partial charge in [-0.05, 0) is 44.5 Å². The summed E-state index contributed by atoms with van der Waals surface area (Å²) in [5.74, 6) is 0.821. The van der Waals surface area contributed by atoms with Gasteiger partial charge in [0.15, 0.2) is 11.5 Å². The van der Waals surface area contributed by atoms with E-state index in [-0.39, 0.29) is 5.54 Å². The molecule has 1 aromatic heterocycles. The van der Waals surface area contributed by atoms with E-state index in [1.807, 2.05) is 19.1 Å². The Labute approximate surface area is 124 Å². The molecule has 0 amide bonds. The van der Waals surface area contributed by atoms with Crippen LogP contribution in [0.25, 0.3) is 11.1 Å². The van der Waals surface area contributed by atoms with Gasteiger partial charge in [0.1, 0.15) is 5.52 Å². The molecule has 1 heterocycles. The molecule has 0 unspecified atom stereocenters. The first kappa shape index (κ1) is 13.9. The lowest BCUT2D eigenvalue weighted by Crippen LogP contribution is -2.46. The number of fused-ring (bicyclic) bond motifs is 1. The third-order valence-electron chi connectivity index (χ3n) is 4.52. The Morgan fingerprint density at radius 3 is 2.75 bits per heavy atom. The summed E-state index contributed by atoms with van der Waals surface area (Å²) in [6.07, 6.45) is 7.16. The molecule has 20 heavy (non-hydrogen) atoms. The van der Waals surface area contributed by atoms with Crippen LogP contribution in [0.4, 0.5) is 0 Å². The number of oxazole rings is 1. The lowest BCUT2D eigenvalue weighted by atomic mass is 9.79. The Morgan fingerprint density at radius 2 is 2.05 bits per heavy atom. The van der Waals surface area contributed by atoms with Crippen molar-refractivity contribution in [2.75, 3.05) is 7.05 Å². The maximum atomic E-state index is 6.09. The normalized spacial score (nSPS) is 18.6. The van der Waals surface area contributed by atoms with Crippen molar-refractivity contribution in [1.82, 2.24) is 10.3 Å². The lowest BCUT2D eigenvalue weighted by molar-refractivity contribution is 0.230. The van der Waals surface area contributed by atoms with Crippen LogP contribution in [0.2, 0.25) is 5.02 Å². The second-order valence-electron chi connectivity index (χ2n) is 5.95. The van der Waals surface area contributed by atoms with E-state index >= 15 is 0 Å². The van der Waals surface area contributed by atoms with E-state index in [4.69, 9.17) is 16.0 Å². The highest BCUT2D eigenvalue weighted by Gasteiger charge is 2.32. The molecule has 1 aromatic carbocycles. The fourth-order valence-corrected chi connectivity index (χ4v) is 3.58. The van der Waals surface area contributed by atoms with Crippen molar-refractivity contribution in [3.05, 3.63) is 28.6 Å². The van der Waals surface area contributed by atoms with E-state index in [9.17, 15) is 0 Å². The Kier molecular flexibility index (Phi) is 3.74. The van der Waals surface area contributed by atoms with Crippen molar-refractivity contribution in [3.8, 4) is 0 Å². The molecule has 0 atom stereocenters. The van der Waals surface area contributed by atoms with Crippen LogP contribution in [0.3, 0.4) is 0 Å². The summed E-state index contributed by atoms with van der Waals surface area (Å²) in [6.45, 7) is 2.01. The number of hydrogen-bond donors (Lipinski definition) is 1. The molecule has 3 nitrogen and oxygen atoms in total. The smallest absolute Gasteiger partial charge is 0.197 e. The Hall–Kier alpha value is -1.06. The SMILES string of the molecule is CNC1(Cc2nc3cc(Cl)cc(C)c3o2)CCCCC1. The van der Waals surface area contributed by atoms with Gasteiger partial charge in [0, 0.05) is 17.0 Å². The van der Waals surface area contributed by atoms with Crippen LogP contribution in [-0.4, -0.2) is 17.6 Å². The average Bonchev–Trinajstić information content (AvgIpc) is 2.82. The number of hydrogen-bond acceptors (Lipinski definition) is 3. The number of benzene rings is 1. The molecule has 0 aliphatic heterocycles. The van der Waals surface area contributed by atoms with Crippen LogP contribution in [0.15, 0.2) is 16.5 Å². The van der Waals surface area contributed by atoms with Crippen LogP contribution in [-0.2, 0) is 6.42 Å². The van der Waals surface area contributed by atoms with Gasteiger partial charge in [0.2, 0.25) is 0 Å². The largest absolute Gasteiger partial charge is 0.440 e. The standard InChI is InChI=1S/C16H21ClN2O/c1-11-8-12(17)9-13-15(11)20-14(19-13)10-16(18-2)6-4-3-5-7-16/h8-9,18H,3-7,10H2,1-2H3. The molecule has 2 aromatic rings. The van der Waals surface area contributed by atoms with Gasteiger partial charge in [-0.3, -0.25) is 0 Å². The first-order chi connectivity index (χ1) is 9.62. The molecular formula is C16H21ClN2O. The summed E-state index contributed by atoms with van der Waals surface area (Å²) < 4.78 is 5.97. The van der Waals surface area contributed by atoms with Crippen molar-refractivity contribution in [3.63, 3.8) is 0 Å². The second kappa shape index (κ2) is 5.38. The summed E-state index contributed by atoms with van der Waals surface area (Å²) in [5.41, 5.74) is 2.93. The van der Waals surface area contributed by atoms with E-state index in [1.54, 1.807) is 0 Å². The Bertz CT molecular complexity index is 614. The molecule has 108 valence electrons. The van der Waals surface area contributed by atoms with Crippen molar-refractivity contribution in [2.24, 2.45) is 0 Å². The van der Waals surface area contributed by atoms with E-state index in [0.29, 0.717) is 0 Å². The molecule has 3 rings (SSSR count). The number of halogens is 1. The number of nitrogens with one attached hydrogen (secondary N) is 1. The maximum absolute atomic E-state index is 6.09. The minimum atomic E-state index is 0.150. The van der Waals surface area contributed by atoms with Crippen LogP contribution >= 0.6 is 11.6 Å². The number of likely N-dealkylation sites (N-methyl/N-ethyl adjacent to an activating group) is 1. The zero-order chi connectivity index (χ0) is 14.2. The quantitative estimate of drug-likeness (QED) is 0.919. The number of aryl methyl sites for hydroxylation is 1. The fraction of sp³-hybridized carbons (Fsp3) is 0.562. The minimum absolute atomic E-state index is 0.150. The lowest BCUT2D eigenvalue weighted by Gasteiger charge is -2.36. The highest BCUT2D eigenvalue weighted by molar-refractivity contribution is 6.31. The highest BCUT2D eigenvalue weighted by Crippen LogP contribution is 2.32. The first-order valence-electron chi connectivity index (χ1n) is 7.36. The molecule has 0 saturated heterocycles. The average molecular weight is 293 g/mol. The van der Waals surface area contributed by atoms with Crippen molar-refractivity contribution < 1.29 is 4.42 Å². The van der Waals surface area contributed by atoms with Gasteiger partial charge in [-0.1, -0.05) is 30.9 Å². The summed E-state index contributed by atoms with van der Waals surface area (Å²) in [6, 6.07) is 3.80. The summed E-state index contributed by atoms with van der Waals surface area (Å²) in [5, 5.41) is 4.23. The van der Waals surface area contributed by atoms with E-state index < -0.39 is 0 Å². The monoisotopic (exact) mass is 292 g/mol. The third kappa shape index (κ3) is 2.57. The number of aromatic nitrogens is 1. The van der Waals surface area contributed by atoms with Gasteiger partial charge in [0.25, 0.3) is 0 Å². The molecule has 1 saturated carbocycles. The van der Waals surface area contributed by atoms with Crippen LogP contribution in [0, 0.1) is 6.92 Å². The van der Waals surface area contributed by atoms with Crippen molar-refractivity contribution >= 4 is 22.7 Å². The van der Waals surface area contributed by atoms with Gasteiger partial charge in [0.05, 0.1) is 0 Å². The van der Waals surface area contributed by atoms with Gasteiger partial charge in [-0.25, -0.2) is 4.98 Å². The number of rotatable bonds is 3. The molecule has 1 fully saturated rings. The zero-order valence-electron chi connectivity index (χ0n) is 12.1.